The molecule has 54 valence electrons. The lowest BCUT2D eigenvalue weighted by molar-refractivity contribution is 0.181. The molecule has 9 heavy (non-hydrogen) atoms. The Morgan fingerprint density at radius 1 is 1.44 bits per heavy atom. The molecule has 1 aliphatic heterocycles. The van der Waals surface area contributed by atoms with Gasteiger partial charge in [0.05, 0.1) is 0 Å². The minimum absolute atomic E-state index is 0.188. The predicted molar refractivity (Wildman–Crippen MR) is 32.4 cm³/mol. The van der Waals surface area contributed by atoms with Crippen molar-refractivity contribution in [3.05, 3.63) is 0 Å². The van der Waals surface area contributed by atoms with Crippen molar-refractivity contribution in [2.24, 2.45) is 0 Å². The molecule has 1 saturated heterocycles. The van der Waals surface area contributed by atoms with Gasteiger partial charge in [-0.3, -0.25) is 0 Å². The molecule has 0 unspecified atom stereocenters. The third-order valence-electron chi connectivity index (χ3n) is 1.03. The van der Waals surface area contributed by atoms with Crippen molar-refractivity contribution in [2.45, 2.75) is 6.42 Å². The van der Waals surface area contributed by atoms with Crippen molar-refractivity contribution >= 4 is 10.0 Å². The molecule has 4 nitrogen and oxygen atoms in total. The van der Waals surface area contributed by atoms with Crippen LogP contribution in [0.4, 0.5) is 0 Å². The van der Waals surface area contributed by atoms with Crippen LogP contribution >= 0.6 is 0 Å². The monoisotopic (exact) mass is 151 g/mol. The molecule has 0 radical (unpaired) electrons. The molecule has 0 amide bonds. The zero-order valence-electron chi connectivity index (χ0n) is 4.96. The maximum absolute atomic E-state index is 10.6. The van der Waals surface area contributed by atoms with E-state index in [-0.39, 0.29) is 5.94 Å². The Balaban J connectivity index is 2.56. The highest BCUT2D eigenvalue weighted by Crippen LogP contribution is 1.93. The van der Waals surface area contributed by atoms with E-state index in [1.165, 1.54) is 0 Å². The van der Waals surface area contributed by atoms with Crippen molar-refractivity contribution in [1.29, 1.82) is 0 Å². The van der Waals surface area contributed by atoms with Crippen molar-refractivity contribution in [1.82, 2.24) is 4.72 Å². The number of nitrogens with one attached hydrogen (secondary N) is 1. The van der Waals surface area contributed by atoms with Gasteiger partial charge < -0.3 is 4.74 Å². The predicted octanol–water partition coefficient (Wildman–Crippen LogP) is -0.716. The van der Waals surface area contributed by atoms with Gasteiger partial charge >= 0.3 is 0 Å². The first-order valence-electron chi connectivity index (χ1n) is 2.76. The van der Waals surface area contributed by atoms with Gasteiger partial charge in [0.25, 0.3) is 0 Å². The molecule has 0 aliphatic carbocycles. The SMILES string of the molecule is O=S1(=O)COCCCN1. The summed E-state index contributed by atoms with van der Waals surface area (Å²) in [7, 11) is -3.09. The minimum Gasteiger partial charge on any atom is -0.364 e. The van der Waals surface area contributed by atoms with E-state index in [0.29, 0.717) is 13.2 Å². The van der Waals surface area contributed by atoms with Gasteiger partial charge in [-0.2, -0.15) is 0 Å². The van der Waals surface area contributed by atoms with E-state index in [1.807, 2.05) is 0 Å². The first-order chi connectivity index (χ1) is 4.21. The molecule has 0 atom stereocenters. The van der Waals surface area contributed by atoms with Crippen LogP contribution < -0.4 is 4.72 Å². The third-order valence-corrected chi connectivity index (χ3v) is 2.15. The summed E-state index contributed by atoms with van der Waals surface area (Å²) in [5.41, 5.74) is 0. The molecule has 1 fully saturated rings. The lowest BCUT2D eigenvalue weighted by Gasteiger charge is -1.96. The highest BCUT2D eigenvalue weighted by molar-refractivity contribution is 7.89. The van der Waals surface area contributed by atoms with E-state index in [9.17, 15) is 8.42 Å². The first kappa shape index (κ1) is 6.98. The van der Waals surface area contributed by atoms with Gasteiger partial charge in [0.15, 0.2) is 5.94 Å². The number of sulfonamides is 1. The van der Waals surface area contributed by atoms with Crippen molar-refractivity contribution in [3.8, 4) is 0 Å². The third kappa shape index (κ3) is 2.30. The smallest absolute Gasteiger partial charge is 0.235 e. The molecule has 0 bridgehead atoms. The van der Waals surface area contributed by atoms with Crippen LogP contribution in [-0.4, -0.2) is 27.5 Å². The van der Waals surface area contributed by atoms with E-state index in [4.69, 9.17) is 4.74 Å². The van der Waals surface area contributed by atoms with Gasteiger partial charge in [0.1, 0.15) is 0 Å². The fourth-order valence-corrected chi connectivity index (χ4v) is 1.49. The summed E-state index contributed by atoms with van der Waals surface area (Å²) in [5, 5.41) is 0. The average molecular weight is 151 g/mol. The summed E-state index contributed by atoms with van der Waals surface area (Å²) in [5.74, 6) is -0.188. The summed E-state index contributed by atoms with van der Waals surface area (Å²) >= 11 is 0. The number of rotatable bonds is 0. The van der Waals surface area contributed by atoms with E-state index in [2.05, 4.69) is 4.72 Å². The normalized spacial score (nSPS) is 27.1. The summed E-state index contributed by atoms with van der Waals surface area (Å²) in [4.78, 5) is 0. The number of hydrogen-bond donors (Lipinski definition) is 1. The summed E-state index contributed by atoms with van der Waals surface area (Å²) in [6.07, 6.45) is 0.763. The minimum atomic E-state index is -3.09. The fraction of sp³-hybridized carbons (Fsp3) is 1.00. The lowest BCUT2D eigenvalue weighted by Crippen LogP contribution is -2.24. The Morgan fingerprint density at radius 2 is 2.22 bits per heavy atom. The lowest BCUT2D eigenvalue weighted by atomic mass is 10.5. The molecule has 1 N–H and O–H groups in total. The number of ether oxygens (including phenoxy) is 1. The van der Waals surface area contributed by atoms with Crippen molar-refractivity contribution in [2.75, 3.05) is 19.1 Å². The van der Waals surface area contributed by atoms with Gasteiger partial charge in [-0.15, -0.1) is 0 Å². The summed E-state index contributed by atoms with van der Waals surface area (Å²) in [6.45, 7) is 1.04. The molecular weight excluding hydrogens is 142 g/mol. The quantitative estimate of drug-likeness (QED) is 0.497. The van der Waals surface area contributed by atoms with Crippen molar-refractivity contribution in [3.63, 3.8) is 0 Å². The molecule has 5 heteroatoms. The molecule has 0 aromatic rings. The van der Waals surface area contributed by atoms with Crippen LogP contribution in [-0.2, 0) is 14.8 Å². The zero-order chi connectivity index (χ0) is 6.74. The van der Waals surface area contributed by atoms with Crippen LogP contribution in [0.25, 0.3) is 0 Å². The van der Waals surface area contributed by atoms with Crippen molar-refractivity contribution < 1.29 is 13.2 Å². The van der Waals surface area contributed by atoms with Gasteiger partial charge in [0, 0.05) is 13.2 Å². The van der Waals surface area contributed by atoms with Crippen LogP contribution in [0, 0.1) is 0 Å². The molecule has 1 heterocycles. The second-order valence-electron chi connectivity index (χ2n) is 1.89. The summed E-state index contributed by atoms with van der Waals surface area (Å²) < 4.78 is 28.4. The molecular formula is C4H9NO3S. The summed E-state index contributed by atoms with van der Waals surface area (Å²) in [6, 6.07) is 0. The molecule has 0 aromatic carbocycles. The second-order valence-corrected chi connectivity index (χ2v) is 3.64. The Bertz CT molecular complexity index is 160. The van der Waals surface area contributed by atoms with Gasteiger partial charge in [0.2, 0.25) is 10.0 Å². The van der Waals surface area contributed by atoms with Crippen LogP contribution in [0.3, 0.4) is 0 Å². The Morgan fingerprint density at radius 3 is 3.00 bits per heavy atom. The van der Waals surface area contributed by atoms with Crippen LogP contribution in [0.1, 0.15) is 6.42 Å². The van der Waals surface area contributed by atoms with E-state index in [1.54, 1.807) is 0 Å². The van der Waals surface area contributed by atoms with Gasteiger partial charge in [-0.1, -0.05) is 0 Å². The standard InChI is InChI=1S/C4H9NO3S/c6-9(7)4-8-3-1-2-5-9/h5H,1-4H2. The second kappa shape index (κ2) is 2.64. The zero-order valence-corrected chi connectivity index (χ0v) is 5.78. The van der Waals surface area contributed by atoms with Gasteiger partial charge in [-0.05, 0) is 6.42 Å². The first-order valence-corrected chi connectivity index (χ1v) is 4.41. The highest BCUT2D eigenvalue weighted by Gasteiger charge is 2.11. The molecule has 1 aliphatic rings. The average Bonchev–Trinajstić information content (AvgIpc) is 1.92. The van der Waals surface area contributed by atoms with Crippen LogP contribution in [0.15, 0.2) is 0 Å². The Labute approximate surface area is 54.3 Å². The Kier molecular flexibility index (Phi) is 2.05. The van der Waals surface area contributed by atoms with E-state index in [0.717, 1.165) is 6.42 Å². The maximum Gasteiger partial charge on any atom is 0.235 e. The maximum atomic E-state index is 10.6. The van der Waals surface area contributed by atoms with E-state index < -0.39 is 10.0 Å². The van der Waals surface area contributed by atoms with E-state index >= 15 is 0 Å². The topological polar surface area (TPSA) is 55.4 Å². The Hall–Kier alpha value is -0.130. The highest BCUT2D eigenvalue weighted by atomic mass is 32.2. The molecule has 0 aromatic heterocycles. The van der Waals surface area contributed by atoms with Crippen LogP contribution in [0.5, 0.6) is 0 Å². The molecule has 0 spiro atoms. The molecule has 0 saturated carbocycles. The van der Waals surface area contributed by atoms with Gasteiger partial charge in [-0.25, -0.2) is 13.1 Å². The fourth-order valence-electron chi connectivity index (χ4n) is 0.612. The largest absolute Gasteiger partial charge is 0.364 e. The molecule has 1 rings (SSSR count). The number of hydrogen-bond acceptors (Lipinski definition) is 3. The van der Waals surface area contributed by atoms with Crippen LogP contribution in [0.2, 0.25) is 0 Å².